The lowest BCUT2D eigenvalue weighted by Gasteiger charge is -2.34. The molecule has 1 saturated heterocycles. The lowest BCUT2D eigenvalue weighted by atomic mass is 9.88. The van der Waals surface area contributed by atoms with E-state index >= 15 is 0 Å². The van der Waals surface area contributed by atoms with Gasteiger partial charge in [0.05, 0.1) is 22.4 Å². The summed E-state index contributed by atoms with van der Waals surface area (Å²) in [6, 6.07) is 21.9. The highest BCUT2D eigenvalue weighted by Gasteiger charge is 2.61. The number of hydrogen-bond donors (Lipinski definition) is 1. The van der Waals surface area contributed by atoms with Gasteiger partial charge in [-0.15, -0.1) is 0 Å². The fraction of sp³-hybridized carbons (Fsp3) is 0.333. The summed E-state index contributed by atoms with van der Waals surface area (Å²) in [6.07, 6.45) is -4.07. The number of H-pyrrole nitrogens is 1. The standard InChI is InChI=1S/C39H39N3O9/c1-22-8-14-25(15-9-22)34(43)47-21-29-32(49-35(44)26-16-10-23(2)11-17-26)39(7,51-36(45)27-18-12-24(3)13-19-27)33(48-29)31-30(28(20-40)41-42-31)37(46)50-38(4,5)6/h8-19,29,32-33H,21H2,1-7H3,(H,41,42)/t29-,32-,33+,39-/m1/s1. The molecule has 12 nitrogen and oxygen atoms in total. The van der Waals surface area contributed by atoms with Gasteiger partial charge in [-0.05, 0) is 84.9 Å². The van der Waals surface area contributed by atoms with Gasteiger partial charge in [0, 0.05) is 0 Å². The molecule has 0 unspecified atom stereocenters. The number of ether oxygens (including phenoxy) is 5. The summed E-state index contributed by atoms with van der Waals surface area (Å²) < 4.78 is 30.0. The number of carbonyl (C=O) groups excluding carboxylic acids is 4. The molecule has 1 fully saturated rings. The van der Waals surface area contributed by atoms with Crippen molar-refractivity contribution in [3.63, 3.8) is 0 Å². The topological polar surface area (TPSA) is 167 Å². The second kappa shape index (κ2) is 14.6. The van der Waals surface area contributed by atoms with Crippen LogP contribution >= 0.6 is 0 Å². The van der Waals surface area contributed by atoms with Crippen molar-refractivity contribution < 1.29 is 42.9 Å². The molecule has 0 spiro atoms. The third-order valence-electron chi connectivity index (χ3n) is 8.29. The number of aryl methyl sites for hydroxylation is 3. The van der Waals surface area contributed by atoms with Gasteiger partial charge in [0.2, 0.25) is 0 Å². The second-order valence-corrected chi connectivity index (χ2v) is 13.6. The van der Waals surface area contributed by atoms with Crippen LogP contribution in [-0.2, 0) is 23.7 Å². The Hall–Kier alpha value is -5.80. The molecule has 0 aliphatic carbocycles. The highest BCUT2D eigenvalue weighted by molar-refractivity contribution is 5.94. The Morgan fingerprint density at radius 1 is 0.804 bits per heavy atom. The maximum absolute atomic E-state index is 13.8. The third-order valence-corrected chi connectivity index (χ3v) is 8.29. The Morgan fingerprint density at radius 3 is 1.78 bits per heavy atom. The van der Waals surface area contributed by atoms with E-state index in [2.05, 4.69) is 10.2 Å². The molecule has 3 aromatic carbocycles. The van der Waals surface area contributed by atoms with E-state index in [4.69, 9.17) is 23.7 Å². The largest absolute Gasteiger partial charge is 0.459 e. The maximum Gasteiger partial charge on any atom is 0.343 e. The lowest BCUT2D eigenvalue weighted by Crippen LogP contribution is -2.50. The zero-order valence-electron chi connectivity index (χ0n) is 29.4. The maximum atomic E-state index is 13.8. The molecule has 0 radical (unpaired) electrons. The van der Waals surface area contributed by atoms with E-state index in [0.29, 0.717) is 0 Å². The Morgan fingerprint density at radius 2 is 1.29 bits per heavy atom. The first-order valence-corrected chi connectivity index (χ1v) is 16.3. The number of aromatic amines is 1. The molecular formula is C39H39N3O9. The van der Waals surface area contributed by atoms with Crippen molar-refractivity contribution in [2.45, 2.75) is 78.0 Å². The summed E-state index contributed by atoms with van der Waals surface area (Å²) in [7, 11) is 0. The number of nitriles is 1. The van der Waals surface area contributed by atoms with Crippen molar-refractivity contribution in [2.75, 3.05) is 6.61 Å². The SMILES string of the molecule is Cc1ccc(C(=O)OC[C@H]2O[C@@H](c3[nH]nc(C#N)c3C(=O)OC(C)(C)C)[C@](C)(OC(=O)c3ccc(C)cc3)[C@@H]2OC(=O)c2ccc(C)cc2)cc1. The van der Waals surface area contributed by atoms with E-state index in [9.17, 15) is 24.4 Å². The first-order chi connectivity index (χ1) is 24.1. The molecule has 51 heavy (non-hydrogen) atoms. The van der Waals surface area contributed by atoms with Gasteiger partial charge in [0.1, 0.15) is 36.0 Å². The van der Waals surface area contributed by atoms with Crippen LogP contribution in [0.1, 0.15) is 103 Å². The number of nitrogens with zero attached hydrogens (tertiary/aromatic N) is 2. The molecule has 1 N–H and O–H groups in total. The van der Waals surface area contributed by atoms with Crippen LogP contribution in [0.5, 0.6) is 0 Å². The van der Waals surface area contributed by atoms with Gasteiger partial charge >= 0.3 is 23.9 Å². The highest BCUT2D eigenvalue weighted by atomic mass is 16.7. The average Bonchev–Trinajstić information content (AvgIpc) is 3.62. The highest BCUT2D eigenvalue weighted by Crippen LogP contribution is 2.47. The van der Waals surface area contributed by atoms with Crippen molar-refractivity contribution in [1.82, 2.24) is 10.2 Å². The number of aromatic nitrogens is 2. The molecule has 1 aliphatic rings. The summed E-state index contributed by atoms with van der Waals surface area (Å²) in [5, 5.41) is 16.6. The molecule has 12 heteroatoms. The lowest BCUT2D eigenvalue weighted by molar-refractivity contribution is -0.0898. The number of esters is 4. The van der Waals surface area contributed by atoms with Gasteiger partial charge in [-0.1, -0.05) is 53.1 Å². The number of hydrogen-bond acceptors (Lipinski definition) is 11. The molecule has 4 atom stereocenters. The van der Waals surface area contributed by atoms with Crippen molar-refractivity contribution in [1.29, 1.82) is 5.26 Å². The summed E-state index contributed by atoms with van der Waals surface area (Å²) >= 11 is 0. The second-order valence-electron chi connectivity index (χ2n) is 13.6. The normalized spacial score (nSPS) is 19.8. The summed E-state index contributed by atoms with van der Waals surface area (Å²) in [6.45, 7) is 11.6. The summed E-state index contributed by atoms with van der Waals surface area (Å²) in [5.74, 6) is -3.13. The number of benzene rings is 3. The monoisotopic (exact) mass is 693 g/mol. The quantitative estimate of drug-likeness (QED) is 0.154. The van der Waals surface area contributed by atoms with Crippen LogP contribution < -0.4 is 0 Å². The van der Waals surface area contributed by atoms with Crippen LogP contribution in [-0.4, -0.2) is 64.1 Å². The number of carbonyl (C=O) groups is 4. The van der Waals surface area contributed by atoms with Gasteiger partial charge in [0.15, 0.2) is 17.4 Å². The minimum Gasteiger partial charge on any atom is -0.459 e. The molecule has 1 aliphatic heterocycles. The molecular weight excluding hydrogens is 654 g/mol. The summed E-state index contributed by atoms with van der Waals surface area (Å²) in [5.41, 5.74) is -0.0378. The molecule has 0 amide bonds. The Bertz CT molecular complexity index is 1970. The smallest absolute Gasteiger partial charge is 0.343 e. The molecule has 5 rings (SSSR count). The molecule has 264 valence electrons. The number of rotatable bonds is 9. The third kappa shape index (κ3) is 8.16. The minimum absolute atomic E-state index is 0.0660. The van der Waals surface area contributed by atoms with Crippen molar-refractivity contribution in [3.05, 3.63) is 123 Å². The molecule has 2 heterocycles. The van der Waals surface area contributed by atoms with Gasteiger partial charge < -0.3 is 23.7 Å². The van der Waals surface area contributed by atoms with Crippen LogP contribution in [0.15, 0.2) is 72.8 Å². The van der Waals surface area contributed by atoms with Crippen molar-refractivity contribution in [2.24, 2.45) is 0 Å². The van der Waals surface area contributed by atoms with E-state index in [1.807, 2.05) is 26.8 Å². The Balaban J connectivity index is 1.61. The molecule has 0 bridgehead atoms. The Labute approximate surface area is 295 Å². The zero-order valence-corrected chi connectivity index (χ0v) is 29.4. The van der Waals surface area contributed by atoms with Crippen molar-refractivity contribution >= 4 is 23.9 Å². The van der Waals surface area contributed by atoms with E-state index < -0.39 is 60.0 Å². The first-order valence-electron chi connectivity index (χ1n) is 16.3. The molecule has 0 saturated carbocycles. The van der Waals surface area contributed by atoms with Gasteiger partial charge in [-0.2, -0.15) is 10.4 Å². The van der Waals surface area contributed by atoms with Gasteiger partial charge in [-0.25, -0.2) is 19.2 Å². The molecule has 1 aromatic heterocycles. The fourth-order valence-electron chi connectivity index (χ4n) is 5.60. The van der Waals surface area contributed by atoms with Crippen LogP contribution in [0.2, 0.25) is 0 Å². The number of nitrogens with one attached hydrogen (secondary N) is 1. The van der Waals surface area contributed by atoms with Crippen LogP contribution in [0.3, 0.4) is 0 Å². The van der Waals surface area contributed by atoms with Gasteiger partial charge in [0.25, 0.3) is 0 Å². The average molecular weight is 694 g/mol. The minimum atomic E-state index is -1.90. The van der Waals surface area contributed by atoms with Crippen molar-refractivity contribution in [3.8, 4) is 6.07 Å². The van der Waals surface area contributed by atoms with Crippen LogP contribution in [0, 0.1) is 32.1 Å². The van der Waals surface area contributed by atoms with E-state index in [-0.39, 0.29) is 33.6 Å². The van der Waals surface area contributed by atoms with Gasteiger partial charge in [-0.3, -0.25) is 5.10 Å². The zero-order chi connectivity index (χ0) is 37.1. The van der Waals surface area contributed by atoms with Crippen LogP contribution in [0.25, 0.3) is 0 Å². The fourth-order valence-corrected chi connectivity index (χ4v) is 5.60. The van der Waals surface area contributed by atoms with Crippen LogP contribution in [0.4, 0.5) is 0 Å². The molecule has 4 aromatic rings. The van der Waals surface area contributed by atoms with E-state index in [1.54, 1.807) is 93.6 Å². The van der Waals surface area contributed by atoms with E-state index in [0.717, 1.165) is 16.7 Å². The Kier molecular flexibility index (Phi) is 10.4. The first kappa shape index (κ1) is 36.5. The summed E-state index contributed by atoms with van der Waals surface area (Å²) in [4.78, 5) is 54.2. The van der Waals surface area contributed by atoms with E-state index in [1.165, 1.54) is 6.92 Å². The predicted octanol–water partition coefficient (Wildman–Crippen LogP) is 6.30. The predicted molar refractivity (Wildman–Crippen MR) is 183 cm³/mol.